The van der Waals surface area contributed by atoms with Gasteiger partial charge in [-0.05, 0) is 37.8 Å². The molecule has 0 unspecified atom stereocenters. The van der Waals surface area contributed by atoms with Crippen LogP contribution in [0.4, 0.5) is 0 Å². The van der Waals surface area contributed by atoms with Gasteiger partial charge >= 0.3 is 5.97 Å². The molecule has 2 aromatic heterocycles. The zero-order chi connectivity index (χ0) is 16.3. The molecule has 1 amide bonds. The molecule has 0 bridgehead atoms. The van der Waals surface area contributed by atoms with Crippen LogP contribution in [0.25, 0.3) is 0 Å². The van der Waals surface area contributed by atoms with Gasteiger partial charge in [-0.2, -0.15) is 0 Å². The highest BCUT2D eigenvalue weighted by atomic mass is 32.1. The third-order valence-corrected chi connectivity index (χ3v) is 4.31. The Morgan fingerprint density at radius 2 is 2.09 bits per heavy atom. The van der Waals surface area contributed by atoms with E-state index in [-0.39, 0.29) is 5.91 Å². The van der Waals surface area contributed by atoms with Crippen LogP contribution in [0.1, 0.15) is 43.9 Å². The van der Waals surface area contributed by atoms with Gasteiger partial charge in [0.2, 0.25) is 0 Å². The van der Waals surface area contributed by atoms with Crippen molar-refractivity contribution in [3.05, 3.63) is 44.9 Å². The number of aromatic amines is 1. The lowest BCUT2D eigenvalue weighted by Crippen LogP contribution is -2.26. The molecule has 0 atom stereocenters. The van der Waals surface area contributed by atoms with Crippen molar-refractivity contribution >= 4 is 23.2 Å². The minimum atomic E-state index is -0.428. The Morgan fingerprint density at radius 1 is 1.36 bits per heavy atom. The summed E-state index contributed by atoms with van der Waals surface area (Å²) in [7, 11) is 1.76. The second-order valence-electron chi connectivity index (χ2n) is 5.09. The number of thiophene rings is 1. The highest BCUT2D eigenvalue weighted by Crippen LogP contribution is 2.21. The molecule has 6 heteroatoms. The first-order valence-corrected chi connectivity index (χ1v) is 7.97. The van der Waals surface area contributed by atoms with Crippen LogP contribution in [0.2, 0.25) is 0 Å². The smallest absolute Gasteiger partial charge is 0.355 e. The van der Waals surface area contributed by atoms with Crippen LogP contribution in [0.3, 0.4) is 0 Å². The Labute approximate surface area is 133 Å². The number of H-pyrrole nitrogens is 1. The summed E-state index contributed by atoms with van der Waals surface area (Å²) in [6.07, 6.45) is 0. The zero-order valence-corrected chi connectivity index (χ0v) is 14.0. The van der Waals surface area contributed by atoms with Crippen LogP contribution < -0.4 is 0 Å². The van der Waals surface area contributed by atoms with Gasteiger partial charge in [0.25, 0.3) is 5.91 Å². The second kappa shape index (κ2) is 6.79. The Bertz CT molecular complexity index is 674. The van der Waals surface area contributed by atoms with Crippen molar-refractivity contribution in [3.63, 3.8) is 0 Å². The first-order chi connectivity index (χ1) is 10.5. The highest BCUT2D eigenvalue weighted by Gasteiger charge is 2.24. The zero-order valence-electron chi connectivity index (χ0n) is 13.2. The number of esters is 1. The third-order valence-electron chi connectivity index (χ3n) is 3.45. The number of ether oxygens (including phenoxy) is 1. The minimum Gasteiger partial charge on any atom is -0.461 e. The molecule has 0 aliphatic rings. The van der Waals surface area contributed by atoms with Crippen molar-refractivity contribution in [2.45, 2.75) is 27.3 Å². The van der Waals surface area contributed by atoms with E-state index in [4.69, 9.17) is 4.74 Å². The number of aryl methyl sites for hydroxylation is 1. The third kappa shape index (κ3) is 3.22. The topological polar surface area (TPSA) is 62.4 Å². The largest absolute Gasteiger partial charge is 0.461 e. The number of nitrogens with one attached hydrogen (secondary N) is 1. The van der Waals surface area contributed by atoms with Gasteiger partial charge in [-0.1, -0.05) is 6.07 Å². The van der Waals surface area contributed by atoms with E-state index >= 15 is 0 Å². The molecule has 2 heterocycles. The van der Waals surface area contributed by atoms with Crippen LogP contribution in [0.15, 0.2) is 17.5 Å². The molecule has 0 aliphatic carbocycles. The molecule has 1 N–H and O–H groups in total. The van der Waals surface area contributed by atoms with Crippen LogP contribution in [-0.4, -0.2) is 35.4 Å². The van der Waals surface area contributed by atoms with Crippen LogP contribution >= 0.6 is 11.3 Å². The van der Waals surface area contributed by atoms with E-state index in [1.54, 1.807) is 44.1 Å². The molecule has 0 radical (unpaired) electrons. The number of carbonyl (C=O) groups excluding carboxylic acids is 2. The standard InChI is InChI=1S/C16H20N2O3S/c1-5-21-16(20)14-10(2)13(11(3)17-14)15(19)18(4)9-12-7-6-8-22-12/h6-8,17H,5,9H2,1-4H3. The van der Waals surface area contributed by atoms with Gasteiger partial charge in [0.05, 0.1) is 18.7 Å². The summed E-state index contributed by atoms with van der Waals surface area (Å²) in [5.41, 5.74) is 2.22. The normalized spacial score (nSPS) is 10.5. The number of hydrogen-bond acceptors (Lipinski definition) is 4. The van der Waals surface area contributed by atoms with Crippen molar-refractivity contribution in [2.75, 3.05) is 13.7 Å². The fraction of sp³-hybridized carbons (Fsp3) is 0.375. The Hall–Kier alpha value is -2.08. The van der Waals surface area contributed by atoms with Gasteiger partial charge in [-0.3, -0.25) is 4.79 Å². The number of aromatic nitrogens is 1. The average molecular weight is 320 g/mol. The number of nitrogens with zero attached hydrogens (tertiary/aromatic N) is 1. The summed E-state index contributed by atoms with van der Waals surface area (Å²) in [6, 6.07) is 3.96. The maximum Gasteiger partial charge on any atom is 0.355 e. The van der Waals surface area contributed by atoms with E-state index in [1.807, 2.05) is 17.5 Å². The first kappa shape index (κ1) is 16.3. The van der Waals surface area contributed by atoms with E-state index in [0.29, 0.717) is 35.7 Å². The van der Waals surface area contributed by atoms with Gasteiger partial charge in [0.15, 0.2) is 0 Å². The van der Waals surface area contributed by atoms with E-state index < -0.39 is 5.97 Å². The van der Waals surface area contributed by atoms with E-state index in [0.717, 1.165) is 4.88 Å². The van der Waals surface area contributed by atoms with Crippen LogP contribution in [-0.2, 0) is 11.3 Å². The lowest BCUT2D eigenvalue weighted by Gasteiger charge is -2.16. The van der Waals surface area contributed by atoms with E-state index in [1.165, 1.54) is 0 Å². The lowest BCUT2D eigenvalue weighted by atomic mass is 10.1. The summed E-state index contributed by atoms with van der Waals surface area (Å²) in [5, 5.41) is 1.99. The fourth-order valence-corrected chi connectivity index (χ4v) is 3.13. The monoisotopic (exact) mass is 320 g/mol. The predicted octanol–water partition coefficient (Wildman–Crippen LogP) is 3.14. The van der Waals surface area contributed by atoms with Crippen molar-refractivity contribution in [2.24, 2.45) is 0 Å². The van der Waals surface area contributed by atoms with Crippen LogP contribution in [0, 0.1) is 13.8 Å². The van der Waals surface area contributed by atoms with Crippen molar-refractivity contribution in [3.8, 4) is 0 Å². The number of carbonyl (C=O) groups is 2. The minimum absolute atomic E-state index is 0.102. The molecule has 0 aromatic carbocycles. The number of rotatable bonds is 5. The van der Waals surface area contributed by atoms with Crippen molar-refractivity contribution in [1.29, 1.82) is 0 Å². The van der Waals surface area contributed by atoms with Gasteiger partial charge in [-0.25, -0.2) is 4.79 Å². The summed E-state index contributed by atoms with van der Waals surface area (Å²) in [6.45, 7) is 6.17. The maximum atomic E-state index is 12.7. The second-order valence-corrected chi connectivity index (χ2v) is 6.12. The summed E-state index contributed by atoms with van der Waals surface area (Å²) in [4.78, 5) is 30.3. The molecule has 22 heavy (non-hydrogen) atoms. The van der Waals surface area contributed by atoms with E-state index in [9.17, 15) is 9.59 Å². The summed E-state index contributed by atoms with van der Waals surface area (Å²) < 4.78 is 5.01. The summed E-state index contributed by atoms with van der Waals surface area (Å²) in [5.74, 6) is -0.529. The maximum absolute atomic E-state index is 12.7. The molecule has 0 saturated heterocycles. The van der Waals surface area contributed by atoms with E-state index in [2.05, 4.69) is 4.98 Å². The highest BCUT2D eigenvalue weighted by molar-refractivity contribution is 7.09. The molecule has 0 saturated carbocycles. The number of hydrogen-bond donors (Lipinski definition) is 1. The van der Waals surface area contributed by atoms with Gasteiger partial charge in [0.1, 0.15) is 5.69 Å². The first-order valence-electron chi connectivity index (χ1n) is 7.09. The molecular weight excluding hydrogens is 300 g/mol. The van der Waals surface area contributed by atoms with Crippen molar-refractivity contribution < 1.29 is 14.3 Å². The van der Waals surface area contributed by atoms with Crippen LogP contribution in [0.5, 0.6) is 0 Å². The molecule has 118 valence electrons. The lowest BCUT2D eigenvalue weighted by molar-refractivity contribution is 0.0519. The van der Waals surface area contributed by atoms with Crippen molar-refractivity contribution in [1.82, 2.24) is 9.88 Å². The molecular formula is C16H20N2O3S. The van der Waals surface area contributed by atoms with Gasteiger partial charge < -0.3 is 14.6 Å². The molecule has 5 nitrogen and oxygen atoms in total. The fourth-order valence-electron chi connectivity index (χ4n) is 2.38. The predicted molar refractivity (Wildman–Crippen MR) is 86.3 cm³/mol. The Balaban J connectivity index is 2.24. The molecule has 2 aromatic rings. The molecule has 0 fully saturated rings. The van der Waals surface area contributed by atoms with Gasteiger partial charge in [0, 0.05) is 17.6 Å². The quantitative estimate of drug-likeness (QED) is 0.861. The molecule has 2 rings (SSSR count). The average Bonchev–Trinajstić information content (AvgIpc) is 3.07. The Morgan fingerprint density at radius 3 is 2.68 bits per heavy atom. The Kier molecular flexibility index (Phi) is 5.03. The van der Waals surface area contributed by atoms with Gasteiger partial charge in [-0.15, -0.1) is 11.3 Å². The summed E-state index contributed by atoms with van der Waals surface area (Å²) >= 11 is 1.61. The SMILES string of the molecule is CCOC(=O)c1[nH]c(C)c(C(=O)N(C)Cc2cccs2)c1C. The molecule has 0 spiro atoms. The number of amides is 1. The molecule has 0 aliphatic heterocycles.